The summed E-state index contributed by atoms with van der Waals surface area (Å²) in [5, 5.41) is 136. The van der Waals surface area contributed by atoms with Crippen LogP contribution in [0.15, 0.2) is 12.2 Å². The Morgan fingerprint density at radius 1 is 0.553 bits per heavy atom. The number of carbonyl (C=O) groups is 3. The van der Waals surface area contributed by atoms with Gasteiger partial charge in [0.2, 0.25) is 11.8 Å². The van der Waals surface area contributed by atoms with Crippen LogP contribution in [-0.2, 0) is 42.8 Å². The lowest BCUT2D eigenvalue weighted by atomic mass is 9.88. The smallest absolute Gasteiger partial charge is 0.364 e. The maximum Gasteiger partial charge on any atom is 0.364 e. The van der Waals surface area contributed by atoms with E-state index in [0.29, 0.717) is 12.8 Å². The van der Waals surface area contributed by atoms with Crippen molar-refractivity contribution in [1.29, 1.82) is 0 Å². The Hall–Kier alpha value is -2.53. The minimum atomic E-state index is -3.08. The Morgan fingerprint density at radius 3 is 1.41 bits per heavy atom. The molecule has 0 aromatic rings. The third-order valence-electron chi connectivity index (χ3n) is 19.0. The molecule has 3 fully saturated rings. The van der Waals surface area contributed by atoms with E-state index in [-0.39, 0.29) is 12.3 Å². The van der Waals surface area contributed by atoms with Gasteiger partial charge in [0.25, 0.3) is 5.79 Å². The van der Waals surface area contributed by atoms with Crippen LogP contribution in [0.5, 0.6) is 0 Å². The molecule has 3 aliphatic rings. The summed E-state index contributed by atoms with van der Waals surface area (Å²) in [6, 6.07) is -2.61. The number of carboxylic acid groups (broad SMARTS) is 1. The number of nitrogens with one attached hydrogen (secondary N) is 2. The maximum absolute atomic E-state index is 13.5. The lowest BCUT2D eigenvalue weighted by molar-refractivity contribution is -0.386. The summed E-state index contributed by atoms with van der Waals surface area (Å²) in [6.45, 7) is 2.17. The molecule has 18 unspecified atom stereocenters. The highest BCUT2D eigenvalue weighted by Crippen LogP contribution is 2.39. The van der Waals surface area contributed by atoms with Crippen molar-refractivity contribution in [1.82, 2.24) is 10.6 Å². The molecule has 0 saturated carbocycles. The van der Waals surface area contributed by atoms with Gasteiger partial charge in [-0.25, -0.2) is 4.79 Å². The highest BCUT2D eigenvalue weighted by Gasteiger charge is 2.60. The Bertz CT molecular complexity index is 1940. The normalized spacial score (nSPS) is 27.9. The molecule has 0 radical (unpaired) electrons. The van der Waals surface area contributed by atoms with Crippen LogP contribution in [0.25, 0.3) is 0 Å². The molecule has 0 spiro atoms. The largest absolute Gasteiger partial charge is 0.477 e. The summed E-state index contributed by atoms with van der Waals surface area (Å²) < 4.78 is 34.8. The second-order valence-corrected chi connectivity index (χ2v) is 27.2. The number of hydrogen-bond acceptors (Lipinski definition) is 20. The van der Waals surface area contributed by atoms with E-state index < -0.39 is 155 Å². The van der Waals surface area contributed by atoms with Gasteiger partial charge in [0.1, 0.15) is 67.1 Å². The van der Waals surface area contributed by atoms with Crippen LogP contribution in [0.1, 0.15) is 284 Å². The summed E-state index contributed by atoms with van der Waals surface area (Å²) >= 11 is 0. The lowest BCUT2D eigenvalue weighted by Gasteiger charge is -2.50. The SMILES string of the molecule is CCCCCCCCCCCCCCCCCCCCCCCCC/C=C/C(O)C(COC1OC(CO)C(OC2OC(CO)C(O)C(OC3(C(=O)O)CC(O)C(NC(C)=O)C(C(O)C(O)CO)O3)C2O)C(O)C1O)NC(=O)CCCCCCCCCCCCCCCCC. The van der Waals surface area contributed by atoms with Crippen LogP contribution in [0, 0.1) is 0 Å². The van der Waals surface area contributed by atoms with Crippen molar-refractivity contribution in [3.63, 3.8) is 0 Å². The molecule has 14 N–H and O–H groups in total. The monoisotopic (exact) mass is 1350 g/mol. The van der Waals surface area contributed by atoms with E-state index >= 15 is 0 Å². The fourth-order valence-electron chi connectivity index (χ4n) is 13.1. The third-order valence-corrected chi connectivity index (χ3v) is 19.0. The van der Waals surface area contributed by atoms with Gasteiger partial charge in [-0.15, -0.1) is 0 Å². The van der Waals surface area contributed by atoms with Crippen LogP contribution in [-0.4, -0.2) is 215 Å². The molecule has 94 heavy (non-hydrogen) atoms. The van der Waals surface area contributed by atoms with Gasteiger partial charge in [0, 0.05) is 19.8 Å². The first-order chi connectivity index (χ1) is 45.4. The van der Waals surface area contributed by atoms with Crippen LogP contribution < -0.4 is 10.6 Å². The summed E-state index contributed by atoms with van der Waals surface area (Å²) in [5.41, 5.74) is 0. The molecular weight excluding hydrogens is 1220 g/mol. The molecule has 0 bridgehead atoms. The average molecular weight is 1350 g/mol. The number of ether oxygens (including phenoxy) is 6. The van der Waals surface area contributed by atoms with Crippen LogP contribution >= 0.6 is 0 Å². The predicted molar refractivity (Wildman–Crippen MR) is 357 cm³/mol. The standard InChI is InChI=1S/C71H132N2O21/c1-4-6-8-10-12-14-16-18-20-21-22-23-24-25-26-27-28-29-31-32-34-36-38-40-42-44-53(78)52(73-58(81)45-43-41-39-37-35-33-30-19-17-15-13-11-9-7-5-2)50-89-68-63(85)62(84)65(57(49-76)91-68)92-69-64(86)67(61(83)56(48-75)90-69)94-71(70(87)88)46-54(79)59(72-51(3)77)66(93-71)60(82)55(80)47-74/h42,44,52-57,59-69,74-76,78-80,82-86H,4-41,43,45-50H2,1-3H3,(H,72,77)(H,73,81)(H,87,88)/b44-42+. The number of unbranched alkanes of at least 4 members (excludes halogenated alkanes) is 37. The molecule has 0 aromatic heterocycles. The summed E-state index contributed by atoms with van der Waals surface area (Å²) in [4.78, 5) is 38.6. The quantitative estimate of drug-likeness (QED) is 0.0203. The lowest BCUT2D eigenvalue weighted by Crippen LogP contribution is -2.70. The number of amides is 2. The first kappa shape index (κ1) is 85.7. The molecule has 3 heterocycles. The molecule has 23 heteroatoms. The molecule has 552 valence electrons. The molecular formula is C71H132N2O21. The number of aliphatic hydroxyl groups excluding tert-OH is 11. The van der Waals surface area contributed by atoms with Crippen molar-refractivity contribution in [2.75, 3.05) is 26.4 Å². The van der Waals surface area contributed by atoms with Gasteiger partial charge in [0.15, 0.2) is 12.6 Å². The van der Waals surface area contributed by atoms with Crippen molar-refractivity contribution in [3.8, 4) is 0 Å². The highest BCUT2D eigenvalue weighted by molar-refractivity contribution is 5.77. The molecule has 3 saturated heterocycles. The fraction of sp³-hybridized carbons (Fsp3) is 0.930. The topological polar surface area (TPSA) is 373 Å². The van der Waals surface area contributed by atoms with Gasteiger partial charge < -0.3 is 100 Å². The van der Waals surface area contributed by atoms with E-state index in [1.807, 2.05) is 6.08 Å². The number of aliphatic carboxylic acids is 1. The number of rotatable bonds is 57. The molecule has 3 rings (SSSR count). The van der Waals surface area contributed by atoms with Crippen LogP contribution in [0.4, 0.5) is 0 Å². The van der Waals surface area contributed by atoms with E-state index in [0.717, 1.165) is 51.9 Å². The van der Waals surface area contributed by atoms with E-state index in [2.05, 4.69) is 24.5 Å². The minimum Gasteiger partial charge on any atom is -0.477 e. The van der Waals surface area contributed by atoms with E-state index in [4.69, 9.17) is 28.4 Å². The Kier molecular flexibility index (Phi) is 47.0. The zero-order chi connectivity index (χ0) is 68.9. The number of hydrogen-bond donors (Lipinski definition) is 14. The number of aliphatic hydroxyl groups is 11. The molecule has 23 nitrogen and oxygen atoms in total. The second kappa shape index (κ2) is 51.6. The molecule has 0 aliphatic carbocycles. The Balaban J connectivity index is 1.56. The molecule has 0 aromatic carbocycles. The van der Waals surface area contributed by atoms with Crippen molar-refractivity contribution in [2.45, 2.75) is 394 Å². The highest BCUT2D eigenvalue weighted by atomic mass is 16.8. The maximum atomic E-state index is 13.5. The zero-order valence-electron chi connectivity index (χ0n) is 57.8. The van der Waals surface area contributed by atoms with Gasteiger partial charge in [0.05, 0.1) is 50.7 Å². The van der Waals surface area contributed by atoms with Gasteiger partial charge in [-0.05, 0) is 19.3 Å². The molecule has 3 aliphatic heterocycles. The fourth-order valence-corrected chi connectivity index (χ4v) is 13.1. The summed E-state index contributed by atoms with van der Waals surface area (Å²) in [5.74, 6) is -6.13. The van der Waals surface area contributed by atoms with Crippen molar-refractivity contribution < 1.29 is 104 Å². The Labute approximate surface area is 562 Å². The molecule has 18 atom stereocenters. The van der Waals surface area contributed by atoms with E-state index in [1.165, 1.54) is 193 Å². The number of carboxylic acids is 1. The summed E-state index contributed by atoms with van der Waals surface area (Å²) in [7, 11) is 0. The van der Waals surface area contributed by atoms with Crippen molar-refractivity contribution in [2.24, 2.45) is 0 Å². The first-order valence-electron chi connectivity index (χ1n) is 37.1. The van der Waals surface area contributed by atoms with Gasteiger partial charge >= 0.3 is 5.97 Å². The minimum absolute atomic E-state index is 0.205. The number of carbonyl (C=O) groups excluding carboxylic acids is 2. The van der Waals surface area contributed by atoms with E-state index in [9.17, 15) is 75.7 Å². The third kappa shape index (κ3) is 33.1. The van der Waals surface area contributed by atoms with E-state index in [1.54, 1.807) is 6.08 Å². The van der Waals surface area contributed by atoms with Gasteiger partial charge in [-0.1, -0.05) is 257 Å². The van der Waals surface area contributed by atoms with Crippen molar-refractivity contribution >= 4 is 17.8 Å². The zero-order valence-corrected chi connectivity index (χ0v) is 57.8. The van der Waals surface area contributed by atoms with Crippen molar-refractivity contribution in [3.05, 3.63) is 12.2 Å². The van der Waals surface area contributed by atoms with Gasteiger partial charge in [-0.3, -0.25) is 9.59 Å². The number of allylic oxidation sites excluding steroid dienone is 1. The predicted octanol–water partition coefficient (Wildman–Crippen LogP) is 7.85. The van der Waals surface area contributed by atoms with Gasteiger partial charge in [-0.2, -0.15) is 0 Å². The van der Waals surface area contributed by atoms with Crippen LogP contribution in [0.2, 0.25) is 0 Å². The second-order valence-electron chi connectivity index (χ2n) is 27.2. The van der Waals surface area contributed by atoms with Crippen LogP contribution in [0.3, 0.4) is 0 Å². The molecule has 2 amide bonds. The average Bonchev–Trinajstić information content (AvgIpc) is 0.759. The Morgan fingerprint density at radius 2 is 0.989 bits per heavy atom. The summed E-state index contributed by atoms with van der Waals surface area (Å²) in [6.07, 6.45) is 22.5. The first-order valence-corrected chi connectivity index (χ1v) is 37.1.